The molecule has 80 valence electrons. The molecule has 2 aromatic rings. The predicted octanol–water partition coefficient (Wildman–Crippen LogP) is 3.59. The van der Waals surface area contributed by atoms with Crippen LogP contribution in [-0.4, -0.2) is 5.11 Å². The maximum Gasteiger partial charge on any atom is 0.0857 e. The smallest absolute Gasteiger partial charge is 0.0857 e. The van der Waals surface area contributed by atoms with Crippen molar-refractivity contribution >= 4 is 11.4 Å². The van der Waals surface area contributed by atoms with Crippen molar-refractivity contribution in [2.75, 3.05) is 0 Å². The van der Waals surface area contributed by atoms with Crippen molar-refractivity contribution < 1.29 is 5.11 Å². The summed E-state index contributed by atoms with van der Waals surface area (Å²) in [4.78, 5) is 0. The first kappa shape index (κ1) is 10.5. The number of hydrogen-bond donors (Lipinski definition) is 1. The third-order valence-corrected chi connectivity index (χ3v) is 2.16. The van der Waals surface area contributed by atoms with Gasteiger partial charge in [0.1, 0.15) is 0 Å². The summed E-state index contributed by atoms with van der Waals surface area (Å²) in [6, 6.07) is 16.9. The maximum absolute atomic E-state index is 8.88. The Bertz CT molecular complexity index is 463. The van der Waals surface area contributed by atoms with Crippen LogP contribution in [0.1, 0.15) is 5.56 Å². The van der Waals surface area contributed by atoms with E-state index < -0.39 is 0 Å². The number of aliphatic hydroxyl groups is 1. The summed E-state index contributed by atoms with van der Waals surface area (Å²) in [5.74, 6) is 0. The van der Waals surface area contributed by atoms with Gasteiger partial charge < -0.3 is 5.11 Å². The van der Waals surface area contributed by atoms with Crippen LogP contribution < -0.4 is 0 Å². The minimum Gasteiger partial charge on any atom is -0.392 e. The first-order valence-corrected chi connectivity index (χ1v) is 5.05. The second-order valence-corrected chi connectivity index (χ2v) is 3.36. The molecule has 2 aromatic carbocycles. The Hall–Kier alpha value is -2.00. The number of nitrogens with zero attached hydrogens (tertiary/aromatic N) is 2. The summed E-state index contributed by atoms with van der Waals surface area (Å²) in [5.41, 5.74) is 2.48. The van der Waals surface area contributed by atoms with E-state index in [0.717, 1.165) is 16.9 Å². The van der Waals surface area contributed by atoms with Gasteiger partial charge in [-0.2, -0.15) is 10.2 Å². The third kappa shape index (κ3) is 2.74. The lowest BCUT2D eigenvalue weighted by Gasteiger charge is -1.95. The van der Waals surface area contributed by atoms with E-state index in [1.54, 1.807) is 0 Å². The quantitative estimate of drug-likeness (QED) is 0.776. The summed E-state index contributed by atoms with van der Waals surface area (Å²) in [5, 5.41) is 17.1. The van der Waals surface area contributed by atoms with Crippen LogP contribution in [0.2, 0.25) is 0 Å². The summed E-state index contributed by atoms with van der Waals surface area (Å²) in [6.07, 6.45) is 0. The molecule has 0 unspecified atom stereocenters. The highest BCUT2D eigenvalue weighted by Crippen LogP contribution is 2.18. The Morgan fingerprint density at radius 3 is 1.88 bits per heavy atom. The highest BCUT2D eigenvalue weighted by molar-refractivity contribution is 5.40. The van der Waals surface area contributed by atoms with E-state index in [2.05, 4.69) is 10.2 Å². The van der Waals surface area contributed by atoms with Crippen LogP contribution in [0.25, 0.3) is 0 Å². The van der Waals surface area contributed by atoms with Crippen molar-refractivity contribution in [2.24, 2.45) is 10.2 Å². The van der Waals surface area contributed by atoms with Gasteiger partial charge in [0, 0.05) is 0 Å². The second kappa shape index (κ2) is 5.19. The average molecular weight is 212 g/mol. The molecule has 0 aliphatic rings. The zero-order valence-electron chi connectivity index (χ0n) is 8.74. The molecule has 0 radical (unpaired) electrons. The van der Waals surface area contributed by atoms with Crippen LogP contribution in [0.4, 0.5) is 11.4 Å². The van der Waals surface area contributed by atoms with Gasteiger partial charge in [-0.3, -0.25) is 0 Å². The average Bonchev–Trinajstić information content (AvgIpc) is 2.38. The number of aliphatic hydroxyl groups excluding tert-OH is 1. The monoisotopic (exact) mass is 212 g/mol. The molecule has 0 saturated heterocycles. The van der Waals surface area contributed by atoms with E-state index in [0.29, 0.717) is 0 Å². The lowest BCUT2D eigenvalue weighted by Crippen LogP contribution is -1.79. The number of benzene rings is 2. The topological polar surface area (TPSA) is 45.0 Å². The zero-order valence-corrected chi connectivity index (χ0v) is 8.74. The fraction of sp³-hybridized carbons (Fsp3) is 0.0769. The summed E-state index contributed by atoms with van der Waals surface area (Å²) in [6.45, 7) is 0.0517. The van der Waals surface area contributed by atoms with E-state index >= 15 is 0 Å². The van der Waals surface area contributed by atoms with Gasteiger partial charge in [-0.15, -0.1) is 0 Å². The van der Waals surface area contributed by atoms with Crippen LogP contribution in [0.3, 0.4) is 0 Å². The molecule has 0 atom stereocenters. The van der Waals surface area contributed by atoms with Gasteiger partial charge in [-0.05, 0) is 29.8 Å². The highest BCUT2D eigenvalue weighted by Gasteiger charge is 1.91. The van der Waals surface area contributed by atoms with Crippen LogP contribution in [-0.2, 0) is 6.61 Å². The van der Waals surface area contributed by atoms with Gasteiger partial charge in [0.2, 0.25) is 0 Å². The fourth-order valence-corrected chi connectivity index (χ4v) is 1.28. The van der Waals surface area contributed by atoms with Gasteiger partial charge in [0.25, 0.3) is 0 Å². The standard InChI is InChI=1S/C13H12N2O/c16-10-11-6-8-13(9-7-11)15-14-12-4-2-1-3-5-12/h1-9,16H,10H2. The van der Waals surface area contributed by atoms with E-state index in [1.165, 1.54) is 0 Å². The van der Waals surface area contributed by atoms with Gasteiger partial charge in [0.15, 0.2) is 0 Å². The first-order chi connectivity index (χ1) is 7.88. The van der Waals surface area contributed by atoms with Crippen LogP contribution >= 0.6 is 0 Å². The normalized spacial score (nSPS) is 10.8. The van der Waals surface area contributed by atoms with E-state index in [-0.39, 0.29) is 6.61 Å². The van der Waals surface area contributed by atoms with Crippen molar-refractivity contribution in [1.29, 1.82) is 0 Å². The fourth-order valence-electron chi connectivity index (χ4n) is 1.28. The Morgan fingerprint density at radius 2 is 1.31 bits per heavy atom. The number of azo groups is 1. The van der Waals surface area contributed by atoms with Crippen molar-refractivity contribution in [3.63, 3.8) is 0 Å². The van der Waals surface area contributed by atoms with E-state index in [1.807, 2.05) is 54.6 Å². The Balaban J connectivity index is 2.12. The molecule has 1 N–H and O–H groups in total. The molecule has 3 heteroatoms. The summed E-state index contributed by atoms with van der Waals surface area (Å²) in [7, 11) is 0. The molecule has 0 aliphatic carbocycles. The molecule has 0 bridgehead atoms. The van der Waals surface area contributed by atoms with Crippen LogP contribution in [0.5, 0.6) is 0 Å². The largest absolute Gasteiger partial charge is 0.392 e. The van der Waals surface area contributed by atoms with Crippen molar-refractivity contribution in [3.8, 4) is 0 Å². The lowest BCUT2D eigenvalue weighted by atomic mass is 10.2. The molecule has 0 heterocycles. The molecular formula is C13H12N2O. The highest BCUT2D eigenvalue weighted by atomic mass is 16.3. The molecule has 2 rings (SSSR count). The Morgan fingerprint density at radius 1 is 0.750 bits per heavy atom. The van der Waals surface area contributed by atoms with Crippen LogP contribution in [0.15, 0.2) is 64.8 Å². The van der Waals surface area contributed by atoms with E-state index in [4.69, 9.17) is 5.11 Å². The van der Waals surface area contributed by atoms with Crippen LogP contribution in [0, 0.1) is 0 Å². The van der Waals surface area contributed by atoms with Gasteiger partial charge in [-0.1, -0.05) is 30.3 Å². The zero-order chi connectivity index (χ0) is 11.2. The molecular weight excluding hydrogens is 200 g/mol. The van der Waals surface area contributed by atoms with E-state index in [9.17, 15) is 0 Å². The number of rotatable bonds is 3. The van der Waals surface area contributed by atoms with Gasteiger partial charge in [0.05, 0.1) is 18.0 Å². The first-order valence-electron chi connectivity index (χ1n) is 5.05. The number of hydrogen-bond acceptors (Lipinski definition) is 3. The molecule has 16 heavy (non-hydrogen) atoms. The molecule has 0 spiro atoms. The van der Waals surface area contributed by atoms with Gasteiger partial charge >= 0.3 is 0 Å². The van der Waals surface area contributed by atoms with Gasteiger partial charge in [-0.25, -0.2) is 0 Å². The molecule has 0 aliphatic heterocycles. The minimum absolute atomic E-state index is 0.0517. The van der Waals surface area contributed by atoms with Crippen molar-refractivity contribution in [3.05, 3.63) is 60.2 Å². The lowest BCUT2D eigenvalue weighted by molar-refractivity contribution is 0.282. The second-order valence-electron chi connectivity index (χ2n) is 3.36. The molecule has 0 fully saturated rings. The van der Waals surface area contributed by atoms with Crippen molar-refractivity contribution in [2.45, 2.75) is 6.61 Å². The summed E-state index contributed by atoms with van der Waals surface area (Å²) < 4.78 is 0. The minimum atomic E-state index is 0.0517. The summed E-state index contributed by atoms with van der Waals surface area (Å²) >= 11 is 0. The molecule has 0 saturated carbocycles. The Kier molecular flexibility index (Phi) is 3.41. The SMILES string of the molecule is OCc1ccc(N=Nc2ccccc2)cc1. The molecule has 0 aromatic heterocycles. The molecule has 0 amide bonds. The maximum atomic E-state index is 8.88. The predicted molar refractivity (Wildman–Crippen MR) is 63.0 cm³/mol. The molecule has 3 nitrogen and oxygen atoms in total. The van der Waals surface area contributed by atoms with Crippen molar-refractivity contribution in [1.82, 2.24) is 0 Å². The Labute approximate surface area is 94.1 Å². The third-order valence-electron chi connectivity index (χ3n) is 2.16.